The number of carbonyl (C=O) groups is 1. The van der Waals surface area contributed by atoms with Gasteiger partial charge in [0.1, 0.15) is 11.5 Å². The molecule has 1 amide bonds. The fourth-order valence-electron chi connectivity index (χ4n) is 2.01. The molecule has 0 aromatic heterocycles. The Labute approximate surface area is 135 Å². The third-order valence-corrected chi connectivity index (χ3v) is 3.82. The first-order valence-electron chi connectivity index (χ1n) is 6.91. The molecule has 1 aromatic rings. The molecular weight excluding hydrogens is 334 g/mol. The molecule has 4 nitrogen and oxygen atoms in total. The van der Waals surface area contributed by atoms with Crippen molar-refractivity contribution in [3.8, 4) is 11.5 Å². The number of carbonyl (C=O) groups excluding carboxylic acids is 1. The summed E-state index contributed by atoms with van der Waals surface area (Å²) in [5.74, 6) is 1.09. The van der Waals surface area contributed by atoms with Crippen LogP contribution in [0.15, 0.2) is 18.2 Å². The molecule has 5 heteroatoms. The first kappa shape index (κ1) is 17.8. The Morgan fingerprint density at radius 3 is 2.10 bits per heavy atom. The summed E-state index contributed by atoms with van der Waals surface area (Å²) in [5, 5.41) is 3.94. The average molecular weight is 358 g/mol. The summed E-state index contributed by atoms with van der Waals surface area (Å²) in [4.78, 5) is 12.5. The van der Waals surface area contributed by atoms with Crippen LogP contribution in [-0.2, 0) is 0 Å². The monoisotopic (exact) mass is 357 g/mol. The van der Waals surface area contributed by atoms with Crippen molar-refractivity contribution in [3.63, 3.8) is 0 Å². The van der Waals surface area contributed by atoms with Crippen LogP contribution in [0, 0.1) is 5.41 Å². The molecule has 21 heavy (non-hydrogen) atoms. The van der Waals surface area contributed by atoms with Gasteiger partial charge in [0, 0.05) is 23.0 Å². The average Bonchev–Trinajstić information content (AvgIpc) is 2.45. The van der Waals surface area contributed by atoms with Crippen LogP contribution in [0.2, 0.25) is 0 Å². The topological polar surface area (TPSA) is 47.6 Å². The van der Waals surface area contributed by atoms with E-state index in [0.717, 1.165) is 11.8 Å². The molecule has 1 N–H and O–H groups in total. The van der Waals surface area contributed by atoms with Gasteiger partial charge in [-0.1, -0.05) is 36.7 Å². The summed E-state index contributed by atoms with van der Waals surface area (Å²) in [6.07, 6.45) is 0.871. The van der Waals surface area contributed by atoms with Crippen LogP contribution in [0.5, 0.6) is 11.5 Å². The lowest BCUT2D eigenvalue weighted by atomic mass is 9.85. The van der Waals surface area contributed by atoms with E-state index in [-0.39, 0.29) is 17.4 Å². The third kappa shape index (κ3) is 5.23. The lowest BCUT2D eigenvalue weighted by molar-refractivity contribution is 0.0900. The second-order valence-electron chi connectivity index (χ2n) is 5.97. The summed E-state index contributed by atoms with van der Waals surface area (Å²) < 4.78 is 10.4. The van der Waals surface area contributed by atoms with Gasteiger partial charge < -0.3 is 14.8 Å². The van der Waals surface area contributed by atoms with Crippen molar-refractivity contribution < 1.29 is 14.3 Å². The van der Waals surface area contributed by atoms with Crippen molar-refractivity contribution in [2.75, 3.05) is 19.5 Å². The Hall–Kier alpha value is -1.23. The van der Waals surface area contributed by atoms with Crippen molar-refractivity contribution in [3.05, 3.63) is 23.8 Å². The minimum absolute atomic E-state index is 0.00756. The van der Waals surface area contributed by atoms with Crippen LogP contribution in [0.3, 0.4) is 0 Å². The predicted octanol–water partition coefficient (Wildman–Crippen LogP) is 3.63. The highest BCUT2D eigenvalue weighted by Gasteiger charge is 2.26. The van der Waals surface area contributed by atoms with Crippen LogP contribution in [0.1, 0.15) is 37.6 Å². The van der Waals surface area contributed by atoms with Gasteiger partial charge in [0.25, 0.3) is 5.91 Å². The minimum atomic E-state index is -0.118. The number of alkyl halides is 1. The van der Waals surface area contributed by atoms with Crippen LogP contribution in [0.4, 0.5) is 0 Å². The number of ether oxygens (including phenoxy) is 2. The maximum Gasteiger partial charge on any atom is 0.251 e. The highest BCUT2D eigenvalue weighted by molar-refractivity contribution is 9.09. The molecule has 0 aliphatic heterocycles. The number of halogens is 1. The Morgan fingerprint density at radius 1 is 1.19 bits per heavy atom. The molecule has 1 rings (SSSR count). The van der Waals surface area contributed by atoms with E-state index in [0.29, 0.717) is 17.1 Å². The van der Waals surface area contributed by atoms with E-state index < -0.39 is 0 Å². The van der Waals surface area contributed by atoms with Gasteiger partial charge in [-0.2, -0.15) is 0 Å². The quantitative estimate of drug-likeness (QED) is 0.790. The van der Waals surface area contributed by atoms with Crippen LogP contribution in [-0.4, -0.2) is 31.5 Å². The number of benzene rings is 1. The molecule has 1 unspecified atom stereocenters. The first-order chi connectivity index (χ1) is 9.81. The number of amides is 1. The van der Waals surface area contributed by atoms with Gasteiger partial charge in [0.2, 0.25) is 0 Å². The number of nitrogens with one attached hydrogen (secondary N) is 1. The Bertz CT molecular complexity index is 461. The van der Waals surface area contributed by atoms with E-state index in [4.69, 9.17) is 9.47 Å². The van der Waals surface area contributed by atoms with Gasteiger partial charge in [-0.15, -0.1) is 0 Å². The normalized spacial score (nSPS) is 12.7. The molecule has 0 aliphatic rings. The summed E-state index contributed by atoms with van der Waals surface area (Å²) in [5.41, 5.74) is 0.530. The number of rotatable bonds is 6. The molecule has 0 spiro atoms. The molecular formula is C16H24BrNO3. The Balaban J connectivity index is 2.96. The number of hydrogen-bond donors (Lipinski definition) is 1. The molecule has 0 saturated carbocycles. The van der Waals surface area contributed by atoms with Gasteiger partial charge in [-0.3, -0.25) is 4.79 Å². The fraction of sp³-hybridized carbons (Fsp3) is 0.562. The molecule has 1 atom stereocenters. The molecule has 0 saturated heterocycles. The van der Waals surface area contributed by atoms with E-state index in [1.165, 1.54) is 0 Å². The standard InChI is InChI=1S/C16H24BrNO3/c1-16(2,3)14(6-7-17)18-15(19)11-8-12(20-4)10-13(9-11)21-5/h8-10,14H,6-7H2,1-5H3,(H,18,19). The summed E-state index contributed by atoms with van der Waals surface area (Å²) in [6.45, 7) is 6.35. The maximum atomic E-state index is 12.5. The molecule has 0 aliphatic carbocycles. The molecule has 0 heterocycles. The van der Waals surface area contributed by atoms with Gasteiger partial charge >= 0.3 is 0 Å². The molecule has 0 bridgehead atoms. The van der Waals surface area contributed by atoms with E-state index >= 15 is 0 Å². The predicted molar refractivity (Wildman–Crippen MR) is 88.7 cm³/mol. The SMILES string of the molecule is COc1cc(OC)cc(C(=O)NC(CCBr)C(C)(C)C)c1. The Morgan fingerprint density at radius 2 is 1.71 bits per heavy atom. The summed E-state index contributed by atoms with van der Waals surface area (Å²) >= 11 is 3.44. The van der Waals surface area contributed by atoms with Gasteiger partial charge in [-0.05, 0) is 24.0 Å². The Kier molecular flexibility index (Phi) is 6.52. The first-order valence-corrected chi connectivity index (χ1v) is 8.04. The van der Waals surface area contributed by atoms with Crippen molar-refractivity contribution in [1.29, 1.82) is 0 Å². The largest absolute Gasteiger partial charge is 0.497 e. The second-order valence-corrected chi connectivity index (χ2v) is 6.76. The van der Waals surface area contributed by atoms with E-state index in [2.05, 4.69) is 42.0 Å². The van der Waals surface area contributed by atoms with Crippen LogP contribution in [0.25, 0.3) is 0 Å². The zero-order valence-electron chi connectivity index (χ0n) is 13.3. The summed E-state index contributed by atoms with van der Waals surface area (Å²) in [6, 6.07) is 5.26. The highest BCUT2D eigenvalue weighted by atomic mass is 79.9. The lowest BCUT2D eigenvalue weighted by Gasteiger charge is -2.31. The van der Waals surface area contributed by atoms with E-state index in [1.807, 2.05) is 0 Å². The molecule has 118 valence electrons. The van der Waals surface area contributed by atoms with Crippen molar-refractivity contribution >= 4 is 21.8 Å². The summed E-state index contributed by atoms with van der Waals surface area (Å²) in [7, 11) is 3.14. The lowest BCUT2D eigenvalue weighted by Crippen LogP contribution is -2.44. The van der Waals surface area contributed by atoms with Gasteiger partial charge in [0.15, 0.2) is 0 Å². The zero-order valence-corrected chi connectivity index (χ0v) is 14.9. The van der Waals surface area contributed by atoms with Crippen molar-refractivity contribution in [2.24, 2.45) is 5.41 Å². The fourth-order valence-corrected chi connectivity index (χ4v) is 2.47. The van der Waals surface area contributed by atoms with E-state index in [9.17, 15) is 4.79 Å². The number of hydrogen-bond acceptors (Lipinski definition) is 3. The minimum Gasteiger partial charge on any atom is -0.497 e. The maximum absolute atomic E-state index is 12.5. The smallest absolute Gasteiger partial charge is 0.251 e. The molecule has 1 aromatic carbocycles. The van der Waals surface area contributed by atoms with Gasteiger partial charge in [0.05, 0.1) is 14.2 Å². The van der Waals surface area contributed by atoms with Crippen LogP contribution >= 0.6 is 15.9 Å². The molecule has 0 radical (unpaired) electrons. The zero-order chi connectivity index (χ0) is 16.0. The van der Waals surface area contributed by atoms with E-state index in [1.54, 1.807) is 32.4 Å². The van der Waals surface area contributed by atoms with Crippen molar-refractivity contribution in [1.82, 2.24) is 5.32 Å². The molecule has 0 fully saturated rings. The van der Waals surface area contributed by atoms with Crippen molar-refractivity contribution in [2.45, 2.75) is 33.2 Å². The van der Waals surface area contributed by atoms with Gasteiger partial charge in [-0.25, -0.2) is 0 Å². The highest BCUT2D eigenvalue weighted by Crippen LogP contribution is 2.25. The van der Waals surface area contributed by atoms with Crippen LogP contribution < -0.4 is 14.8 Å². The third-order valence-electron chi connectivity index (χ3n) is 3.36. The second kappa shape index (κ2) is 7.69. The number of methoxy groups -OCH3 is 2.